The molecule has 1 saturated heterocycles. The van der Waals surface area contributed by atoms with Crippen LogP contribution in [-0.2, 0) is 4.79 Å². The molecule has 1 heterocycles. The molecule has 0 atom stereocenters. The van der Waals surface area contributed by atoms with E-state index in [0.717, 1.165) is 4.90 Å². The second-order valence-electron chi connectivity index (χ2n) is 2.73. The maximum atomic E-state index is 11.2. The van der Waals surface area contributed by atoms with Crippen LogP contribution in [-0.4, -0.2) is 49.0 Å². The number of hydrazine groups is 1. The van der Waals surface area contributed by atoms with E-state index >= 15 is 0 Å². The highest BCUT2D eigenvalue weighted by Crippen LogP contribution is 1.91. The van der Waals surface area contributed by atoms with Crippen LogP contribution in [0, 0.1) is 0 Å². The smallest absolute Gasteiger partial charge is 0.283 e. The van der Waals surface area contributed by atoms with Crippen LogP contribution in [0.1, 0.15) is 0 Å². The van der Waals surface area contributed by atoms with Crippen molar-refractivity contribution in [3.8, 4) is 0 Å². The summed E-state index contributed by atoms with van der Waals surface area (Å²) in [6.07, 6.45) is 0. The molecule has 0 aromatic heterocycles. The molecule has 1 aliphatic heterocycles. The topological polar surface area (TPSA) is 64.7 Å². The fourth-order valence-corrected chi connectivity index (χ4v) is 0.840. The van der Waals surface area contributed by atoms with Gasteiger partial charge in [0.25, 0.3) is 0 Å². The first-order valence-corrected chi connectivity index (χ1v) is 3.59. The molecule has 1 fully saturated rings. The van der Waals surface area contributed by atoms with Crippen molar-refractivity contribution in [1.82, 2.24) is 20.7 Å². The van der Waals surface area contributed by atoms with Crippen molar-refractivity contribution in [3.05, 3.63) is 0 Å². The Morgan fingerprint density at radius 3 is 2.67 bits per heavy atom. The molecule has 6 heteroatoms. The van der Waals surface area contributed by atoms with E-state index in [2.05, 4.69) is 10.9 Å². The zero-order valence-electron chi connectivity index (χ0n) is 7.13. The van der Waals surface area contributed by atoms with Gasteiger partial charge in [0.2, 0.25) is 5.91 Å². The van der Waals surface area contributed by atoms with Crippen LogP contribution in [0.15, 0.2) is 0 Å². The lowest BCUT2D eigenvalue weighted by atomic mass is 10.5. The van der Waals surface area contributed by atoms with Crippen molar-refractivity contribution in [3.63, 3.8) is 0 Å². The first kappa shape index (κ1) is 8.95. The normalized spacial score (nSPS) is 21.7. The molecule has 1 rings (SSSR count). The van der Waals surface area contributed by atoms with Gasteiger partial charge in [-0.1, -0.05) is 0 Å². The highest BCUT2D eigenvalue weighted by atomic mass is 16.2. The fourth-order valence-electron chi connectivity index (χ4n) is 0.840. The van der Waals surface area contributed by atoms with E-state index in [4.69, 9.17) is 0 Å². The van der Waals surface area contributed by atoms with Crippen LogP contribution < -0.4 is 10.9 Å². The monoisotopic (exact) mass is 172 g/mol. The Labute approximate surface area is 70.5 Å². The van der Waals surface area contributed by atoms with Crippen LogP contribution in [0.25, 0.3) is 0 Å². The number of rotatable bonds is 0. The largest absolute Gasteiger partial charge is 0.338 e. The Bertz CT molecular complexity index is 206. The summed E-state index contributed by atoms with van der Waals surface area (Å²) in [5.41, 5.74) is 5.04. The third kappa shape index (κ3) is 1.93. The van der Waals surface area contributed by atoms with Crippen molar-refractivity contribution in [2.45, 2.75) is 0 Å². The number of hydrogen-bond acceptors (Lipinski definition) is 4. The van der Waals surface area contributed by atoms with E-state index in [1.54, 1.807) is 11.9 Å². The summed E-state index contributed by atoms with van der Waals surface area (Å²) < 4.78 is 0. The molecule has 0 saturated carbocycles. The second kappa shape index (κ2) is 3.51. The number of likely N-dealkylation sites (N-methyl/N-ethyl adjacent to an activating group) is 2. The van der Waals surface area contributed by atoms with Crippen molar-refractivity contribution in [2.75, 3.05) is 27.3 Å². The van der Waals surface area contributed by atoms with E-state index in [0.29, 0.717) is 6.67 Å². The van der Waals surface area contributed by atoms with Gasteiger partial charge in [-0.05, 0) is 7.05 Å². The summed E-state index contributed by atoms with van der Waals surface area (Å²) in [5, 5.41) is 0. The summed E-state index contributed by atoms with van der Waals surface area (Å²) in [4.78, 5) is 25.0. The predicted octanol–water partition coefficient (Wildman–Crippen LogP) is -1.44. The van der Waals surface area contributed by atoms with Gasteiger partial charge in [0, 0.05) is 7.05 Å². The average Bonchev–Trinajstić information content (AvgIpc) is 2.01. The lowest BCUT2D eigenvalue weighted by molar-refractivity contribution is -0.128. The molecular weight excluding hydrogens is 160 g/mol. The molecule has 0 spiro atoms. The molecule has 68 valence electrons. The Hall–Kier alpha value is -1.14. The Kier molecular flexibility index (Phi) is 2.61. The van der Waals surface area contributed by atoms with Gasteiger partial charge < -0.3 is 0 Å². The zero-order valence-corrected chi connectivity index (χ0v) is 7.13. The number of carbonyl (C=O) groups is 2. The summed E-state index contributed by atoms with van der Waals surface area (Å²) in [6.45, 7) is 0.711. The van der Waals surface area contributed by atoms with Crippen LogP contribution >= 0.6 is 0 Å². The van der Waals surface area contributed by atoms with Crippen LogP contribution in [0.5, 0.6) is 0 Å². The molecular formula is C6H12N4O2. The van der Waals surface area contributed by atoms with Gasteiger partial charge in [0.1, 0.15) is 0 Å². The third-order valence-corrected chi connectivity index (χ3v) is 1.63. The second-order valence-corrected chi connectivity index (χ2v) is 2.73. The fraction of sp³-hybridized carbons (Fsp3) is 0.667. The lowest BCUT2D eigenvalue weighted by Gasteiger charge is -2.25. The minimum Gasteiger partial charge on any atom is -0.283 e. The van der Waals surface area contributed by atoms with Gasteiger partial charge in [-0.2, -0.15) is 0 Å². The standard InChI is InChI=1S/C6H12N4O2/c1-9-3-5(11)10(2)6(12)8-7-4-9/h7H,3-4H2,1-2H3,(H,8,12). The molecule has 2 N–H and O–H groups in total. The van der Waals surface area contributed by atoms with Gasteiger partial charge in [0.05, 0.1) is 13.2 Å². The minimum absolute atomic E-state index is 0.212. The zero-order chi connectivity index (χ0) is 9.14. The first-order chi connectivity index (χ1) is 5.61. The predicted molar refractivity (Wildman–Crippen MR) is 41.9 cm³/mol. The van der Waals surface area contributed by atoms with Crippen molar-refractivity contribution in [1.29, 1.82) is 0 Å². The summed E-state index contributed by atoms with van der Waals surface area (Å²) in [5.74, 6) is -0.212. The van der Waals surface area contributed by atoms with Crippen LogP contribution in [0.3, 0.4) is 0 Å². The van der Waals surface area contributed by atoms with E-state index < -0.39 is 6.03 Å². The summed E-state index contributed by atoms with van der Waals surface area (Å²) in [7, 11) is 3.23. The number of hydrogen-bond donors (Lipinski definition) is 2. The molecule has 0 bridgehead atoms. The number of imide groups is 1. The maximum Gasteiger partial charge on any atom is 0.338 e. The third-order valence-electron chi connectivity index (χ3n) is 1.63. The average molecular weight is 172 g/mol. The number of amides is 3. The lowest BCUT2D eigenvalue weighted by Crippen LogP contribution is -2.55. The summed E-state index contributed by atoms with van der Waals surface area (Å²) >= 11 is 0. The molecule has 1 aliphatic rings. The minimum atomic E-state index is -0.423. The van der Waals surface area contributed by atoms with Crippen molar-refractivity contribution < 1.29 is 9.59 Å². The van der Waals surface area contributed by atoms with E-state index in [1.807, 2.05) is 0 Å². The van der Waals surface area contributed by atoms with E-state index in [-0.39, 0.29) is 12.5 Å². The van der Waals surface area contributed by atoms with Crippen molar-refractivity contribution in [2.24, 2.45) is 0 Å². The number of carbonyl (C=O) groups excluding carboxylic acids is 2. The Balaban J connectivity index is 2.62. The molecule has 0 unspecified atom stereocenters. The Morgan fingerprint density at radius 2 is 2.00 bits per heavy atom. The maximum absolute atomic E-state index is 11.2. The number of urea groups is 1. The molecule has 0 aromatic carbocycles. The van der Waals surface area contributed by atoms with E-state index in [9.17, 15) is 9.59 Å². The molecule has 12 heavy (non-hydrogen) atoms. The van der Waals surface area contributed by atoms with Gasteiger partial charge >= 0.3 is 6.03 Å². The summed E-state index contributed by atoms with van der Waals surface area (Å²) in [6, 6.07) is -0.423. The SMILES string of the molecule is CN1CNNC(=O)N(C)C(=O)C1. The quantitative estimate of drug-likeness (QED) is 0.470. The van der Waals surface area contributed by atoms with Crippen LogP contribution in [0.4, 0.5) is 4.79 Å². The van der Waals surface area contributed by atoms with Gasteiger partial charge in [-0.25, -0.2) is 10.2 Å². The van der Waals surface area contributed by atoms with Gasteiger partial charge in [0.15, 0.2) is 0 Å². The van der Waals surface area contributed by atoms with Crippen LogP contribution in [0.2, 0.25) is 0 Å². The highest BCUT2D eigenvalue weighted by Gasteiger charge is 2.20. The Morgan fingerprint density at radius 1 is 1.33 bits per heavy atom. The molecule has 0 aliphatic carbocycles. The van der Waals surface area contributed by atoms with E-state index in [1.165, 1.54) is 7.05 Å². The van der Waals surface area contributed by atoms with Gasteiger partial charge in [-0.3, -0.25) is 20.0 Å². The first-order valence-electron chi connectivity index (χ1n) is 3.59. The van der Waals surface area contributed by atoms with Crippen molar-refractivity contribution >= 4 is 11.9 Å². The van der Waals surface area contributed by atoms with Gasteiger partial charge in [-0.15, -0.1) is 0 Å². The highest BCUT2D eigenvalue weighted by molar-refractivity contribution is 5.95. The number of nitrogens with one attached hydrogen (secondary N) is 2. The molecule has 0 radical (unpaired) electrons. The number of nitrogens with zero attached hydrogens (tertiary/aromatic N) is 2. The molecule has 3 amide bonds. The molecule has 0 aromatic rings. The molecule has 6 nitrogen and oxygen atoms in total.